The third-order valence-corrected chi connectivity index (χ3v) is 7.04. The number of nitrogens with zero attached hydrogens (tertiary/aromatic N) is 5. The Kier molecular flexibility index (Phi) is 5.30. The Morgan fingerprint density at radius 1 is 1.33 bits per heavy atom. The standard InChI is InChI=1S/C21H21N5O2S2/c1-2-9-25-20(14-7-8-14)22-23-21(25)30-13-19(27)26-16(17-5-3-10-28-17)12-15(24-26)18-6-4-11-29-18/h2-6,10-11,14,16H,1,7-9,12-13H2. The molecule has 1 saturated carbocycles. The third kappa shape index (κ3) is 3.75. The maximum atomic E-state index is 13.1. The van der Waals surface area contributed by atoms with E-state index in [-0.39, 0.29) is 17.7 Å². The SMILES string of the molecule is C=CCn1c(SCC(=O)N2N=C(c3cccs3)CC2c2ccco2)nnc1C1CC1. The summed E-state index contributed by atoms with van der Waals surface area (Å²) >= 11 is 3.03. The molecule has 7 nitrogen and oxygen atoms in total. The summed E-state index contributed by atoms with van der Waals surface area (Å²) < 4.78 is 7.67. The summed E-state index contributed by atoms with van der Waals surface area (Å²) in [4.78, 5) is 14.2. The van der Waals surface area contributed by atoms with Gasteiger partial charge in [-0.15, -0.1) is 28.1 Å². The van der Waals surface area contributed by atoms with Crippen LogP contribution in [-0.2, 0) is 11.3 Å². The van der Waals surface area contributed by atoms with Crippen LogP contribution >= 0.6 is 23.1 Å². The predicted octanol–water partition coefficient (Wildman–Crippen LogP) is 4.47. The number of aromatic nitrogens is 3. The second-order valence-electron chi connectivity index (χ2n) is 7.30. The number of thioether (sulfide) groups is 1. The number of furan rings is 1. The summed E-state index contributed by atoms with van der Waals surface area (Å²) in [5.74, 6) is 2.39. The van der Waals surface area contributed by atoms with Gasteiger partial charge in [0.1, 0.15) is 17.6 Å². The molecule has 1 amide bonds. The number of allylic oxidation sites excluding steroid dienone is 1. The van der Waals surface area contributed by atoms with Crippen LogP contribution in [0.2, 0.25) is 0 Å². The van der Waals surface area contributed by atoms with Crippen molar-refractivity contribution in [3.8, 4) is 0 Å². The van der Waals surface area contributed by atoms with Gasteiger partial charge in [-0.2, -0.15) is 5.10 Å². The second-order valence-corrected chi connectivity index (χ2v) is 9.19. The van der Waals surface area contributed by atoms with Crippen LogP contribution in [0.5, 0.6) is 0 Å². The molecule has 3 aromatic heterocycles. The number of hydrogen-bond donors (Lipinski definition) is 0. The Morgan fingerprint density at radius 3 is 2.93 bits per heavy atom. The van der Waals surface area contributed by atoms with E-state index < -0.39 is 0 Å². The monoisotopic (exact) mass is 439 g/mol. The predicted molar refractivity (Wildman–Crippen MR) is 117 cm³/mol. The number of amides is 1. The molecule has 0 bridgehead atoms. The summed E-state index contributed by atoms with van der Waals surface area (Å²) in [5.41, 5.74) is 0.913. The lowest BCUT2D eigenvalue weighted by molar-refractivity contribution is -0.130. The highest BCUT2D eigenvalue weighted by Crippen LogP contribution is 2.40. The molecule has 1 fully saturated rings. The van der Waals surface area contributed by atoms with Crippen LogP contribution in [0.15, 0.2) is 63.2 Å². The maximum Gasteiger partial charge on any atom is 0.253 e. The molecule has 0 spiro atoms. The van der Waals surface area contributed by atoms with E-state index in [9.17, 15) is 4.79 Å². The first-order chi connectivity index (χ1) is 14.7. The van der Waals surface area contributed by atoms with Crippen LogP contribution in [0.25, 0.3) is 0 Å². The van der Waals surface area contributed by atoms with Gasteiger partial charge in [0, 0.05) is 18.9 Å². The Labute approximate surface area is 182 Å². The fourth-order valence-corrected chi connectivity index (χ4v) is 5.11. The molecule has 0 saturated heterocycles. The van der Waals surface area contributed by atoms with Crippen molar-refractivity contribution in [1.82, 2.24) is 19.8 Å². The lowest BCUT2D eigenvalue weighted by atomic mass is 10.1. The highest BCUT2D eigenvalue weighted by atomic mass is 32.2. The third-order valence-electron chi connectivity index (χ3n) is 5.17. The first kappa shape index (κ1) is 19.3. The van der Waals surface area contributed by atoms with E-state index in [1.54, 1.807) is 22.6 Å². The minimum atomic E-state index is -0.224. The zero-order chi connectivity index (χ0) is 20.5. The molecule has 5 rings (SSSR count). The van der Waals surface area contributed by atoms with Gasteiger partial charge >= 0.3 is 0 Å². The average Bonchev–Trinajstić information content (AvgIpc) is 3.25. The first-order valence-electron chi connectivity index (χ1n) is 9.88. The Morgan fingerprint density at radius 2 is 2.23 bits per heavy atom. The summed E-state index contributed by atoms with van der Waals surface area (Å²) in [6.45, 7) is 4.49. The Hall–Kier alpha value is -2.65. The molecule has 1 aliphatic carbocycles. The van der Waals surface area contributed by atoms with Crippen LogP contribution < -0.4 is 0 Å². The van der Waals surface area contributed by atoms with Crippen molar-refractivity contribution >= 4 is 34.7 Å². The zero-order valence-electron chi connectivity index (χ0n) is 16.3. The minimum Gasteiger partial charge on any atom is -0.467 e. The summed E-state index contributed by atoms with van der Waals surface area (Å²) in [5, 5.41) is 17.7. The molecule has 0 N–H and O–H groups in total. The Bertz CT molecular complexity index is 1070. The van der Waals surface area contributed by atoms with Gasteiger partial charge < -0.3 is 8.98 Å². The fraction of sp³-hybridized carbons (Fsp3) is 0.333. The van der Waals surface area contributed by atoms with E-state index in [4.69, 9.17) is 4.42 Å². The van der Waals surface area contributed by atoms with Crippen LogP contribution in [0.3, 0.4) is 0 Å². The number of carbonyl (C=O) groups excluding carboxylic acids is 1. The van der Waals surface area contributed by atoms with Crippen molar-refractivity contribution in [1.29, 1.82) is 0 Å². The van der Waals surface area contributed by atoms with Crippen molar-refractivity contribution in [2.45, 2.75) is 42.9 Å². The molecule has 1 atom stereocenters. The number of rotatable bonds is 8. The molecule has 0 radical (unpaired) electrons. The molecular formula is C21H21N5O2S2. The molecule has 1 unspecified atom stereocenters. The molecule has 9 heteroatoms. The highest BCUT2D eigenvalue weighted by molar-refractivity contribution is 7.99. The average molecular weight is 440 g/mol. The van der Waals surface area contributed by atoms with E-state index in [0.29, 0.717) is 18.9 Å². The van der Waals surface area contributed by atoms with E-state index in [1.807, 2.05) is 35.7 Å². The summed E-state index contributed by atoms with van der Waals surface area (Å²) in [6.07, 6.45) is 6.41. The fourth-order valence-electron chi connectivity index (χ4n) is 3.58. The molecular weight excluding hydrogens is 418 g/mol. The van der Waals surface area contributed by atoms with Gasteiger partial charge in [-0.25, -0.2) is 5.01 Å². The normalized spacial score (nSPS) is 18.6. The molecule has 4 heterocycles. The lowest BCUT2D eigenvalue weighted by Gasteiger charge is -2.19. The second kappa shape index (κ2) is 8.23. The van der Waals surface area contributed by atoms with Crippen LogP contribution in [0, 0.1) is 0 Å². The largest absolute Gasteiger partial charge is 0.467 e. The molecule has 2 aliphatic rings. The number of hydrazone groups is 1. The lowest BCUT2D eigenvalue weighted by Crippen LogP contribution is -2.28. The van der Waals surface area contributed by atoms with Gasteiger partial charge in [-0.05, 0) is 36.4 Å². The van der Waals surface area contributed by atoms with Gasteiger partial charge in [0.25, 0.3) is 5.91 Å². The van der Waals surface area contributed by atoms with E-state index >= 15 is 0 Å². The van der Waals surface area contributed by atoms with Gasteiger partial charge in [0.05, 0.1) is 22.6 Å². The molecule has 30 heavy (non-hydrogen) atoms. The van der Waals surface area contributed by atoms with Crippen LogP contribution in [0.1, 0.15) is 47.7 Å². The van der Waals surface area contributed by atoms with Gasteiger partial charge in [0.15, 0.2) is 5.16 Å². The number of carbonyl (C=O) groups is 1. The van der Waals surface area contributed by atoms with Crippen molar-refractivity contribution in [3.63, 3.8) is 0 Å². The minimum absolute atomic E-state index is 0.0749. The smallest absolute Gasteiger partial charge is 0.253 e. The Balaban J connectivity index is 1.34. The van der Waals surface area contributed by atoms with Crippen LogP contribution in [-0.4, -0.2) is 37.1 Å². The topological polar surface area (TPSA) is 76.5 Å². The summed E-state index contributed by atoms with van der Waals surface area (Å²) in [6, 6.07) is 7.54. The van der Waals surface area contributed by atoms with E-state index in [2.05, 4.69) is 26.4 Å². The molecule has 3 aromatic rings. The van der Waals surface area contributed by atoms with Gasteiger partial charge in [-0.1, -0.05) is 23.9 Å². The van der Waals surface area contributed by atoms with E-state index in [1.165, 1.54) is 11.8 Å². The molecule has 154 valence electrons. The van der Waals surface area contributed by atoms with Crippen molar-refractivity contribution in [3.05, 3.63) is 65.0 Å². The number of hydrogen-bond acceptors (Lipinski definition) is 7. The highest BCUT2D eigenvalue weighted by Gasteiger charge is 2.35. The quantitative estimate of drug-likeness (QED) is 0.382. The first-order valence-corrected chi connectivity index (χ1v) is 11.7. The zero-order valence-corrected chi connectivity index (χ0v) is 17.9. The maximum absolute atomic E-state index is 13.1. The van der Waals surface area contributed by atoms with Crippen LogP contribution in [0.4, 0.5) is 0 Å². The van der Waals surface area contributed by atoms with E-state index in [0.717, 1.165) is 40.2 Å². The van der Waals surface area contributed by atoms with Crippen molar-refractivity contribution in [2.75, 3.05) is 5.75 Å². The van der Waals surface area contributed by atoms with Crippen molar-refractivity contribution in [2.24, 2.45) is 5.10 Å². The number of thiophene rings is 1. The summed E-state index contributed by atoms with van der Waals surface area (Å²) in [7, 11) is 0. The molecule has 0 aromatic carbocycles. The molecule has 1 aliphatic heterocycles. The van der Waals surface area contributed by atoms with Gasteiger partial charge in [0.2, 0.25) is 0 Å². The van der Waals surface area contributed by atoms with Gasteiger partial charge in [-0.3, -0.25) is 4.79 Å². The van der Waals surface area contributed by atoms with Crippen molar-refractivity contribution < 1.29 is 9.21 Å².